The van der Waals surface area contributed by atoms with Gasteiger partial charge in [-0.3, -0.25) is 0 Å². The van der Waals surface area contributed by atoms with E-state index < -0.39 is 29.5 Å². The van der Waals surface area contributed by atoms with E-state index in [1.807, 2.05) is 30.3 Å². The topological polar surface area (TPSA) is 9.23 Å². The van der Waals surface area contributed by atoms with Gasteiger partial charge in [0, 0.05) is 12.1 Å². The largest absolute Gasteiger partial charge is 0.486 e. The predicted octanol–water partition coefficient (Wildman–Crippen LogP) is 8.88. The maximum atomic E-state index is 14.0. The Morgan fingerprint density at radius 1 is 0.906 bits per heavy atom. The molecule has 1 unspecified atom stereocenters. The molecule has 1 aliphatic rings. The van der Waals surface area contributed by atoms with Gasteiger partial charge in [0.2, 0.25) is 0 Å². The van der Waals surface area contributed by atoms with Crippen molar-refractivity contribution in [1.82, 2.24) is 0 Å². The second kappa shape index (κ2) is 11.2. The summed E-state index contributed by atoms with van der Waals surface area (Å²) in [5, 5.41) is 0. The molecule has 1 fully saturated rings. The molecule has 1 nitrogen and oxygen atoms in total. The second-order valence-electron chi connectivity index (χ2n) is 8.88. The van der Waals surface area contributed by atoms with Gasteiger partial charge in [-0.2, -0.15) is 13.2 Å². The molecule has 2 aromatic rings. The Balaban J connectivity index is 1.67. The SMILES string of the molecule is CCCCC1CCC(CCC(Oc2cc(F)c(C(F)(F)F)c(F)c2)c2ccccc2)CC1. The third-order valence-electron chi connectivity index (χ3n) is 6.52. The molecule has 6 heteroatoms. The van der Waals surface area contributed by atoms with Gasteiger partial charge >= 0.3 is 6.18 Å². The van der Waals surface area contributed by atoms with Gasteiger partial charge in [-0.05, 0) is 30.2 Å². The summed E-state index contributed by atoms with van der Waals surface area (Å²) in [5.74, 6) is -2.17. The molecule has 1 saturated carbocycles. The third kappa shape index (κ3) is 6.69. The molecule has 0 saturated heterocycles. The average Bonchev–Trinajstić information content (AvgIpc) is 2.75. The number of hydrogen-bond donors (Lipinski definition) is 0. The van der Waals surface area contributed by atoms with E-state index in [9.17, 15) is 22.0 Å². The minimum atomic E-state index is -5.10. The molecular formula is C26H31F5O. The van der Waals surface area contributed by atoms with Gasteiger partial charge in [-0.25, -0.2) is 8.78 Å². The standard InChI is InChI=1S/C26H31F5O/c1-2-3-7-18-10-12-19(13-11-18)14-15-24(20-8-5-4-6-9-20)32-21-16-22(27)25(23(28)17-21)26(29,30)31/h4-6,8-9,16-19,24H,2-3,7,10-15H2,1H3. The van der Waals surface area contributed by atoms with Crippen molar-refractivity contribution in [3.8, 4) is 5.75 Å². The van der Waals surface area contributed by atoms with Gasteiger partial charge in [0.25, 0.3) is 0 Å². The molecule has 0 radical (unpaired) electrons. The van der Waals surface area contributed by atoms with Crippen molar-refractivity contribution in [1.29, 1.82) is 0 Å². The number of halogens is 5. The first kappa shape index (κ1) is 24.5. The lowest BCUT2D eigenvalue weighted by molar-refractivity contribution is -0.142. The molecule has 2 aromatic carbocycles. The van der Waals surface area contributed by atoms with Gasteiger partial charge in [0.05, 0.1) is 0 Å². The summed E-state index contributed by atoms with van der Waals surface area (Å²) < 4.78 is 72.5. The lowest BCUT2D eigenvalue weighted by Crippen LogP contribution is -2.17. The zero-order valence-corrected chi connectivity index (χ0v) is 18.4. The van der Waals surface area contributed by atoms with Crippen LogP contribution in [0, 0.1) is 23.5 Å². The first-order chi connectivity index (χ1) is 15.3. The summed E-state index contributed by atoms with van der Waals surface area (Å²) in [4.78, 5) is 0. The van der Waals surface area contributed by atoms with Crippen LogP contribution < -0.4 is 4.74 Å². The summed E-state index contributed by atoms with van der Waals surface area (Å²) in [6.07, 6.45) is 4.56. The number of unbranched alkanes of at least 4 members (excludes halogenated alkanes) is 1. The zero-order chi connectivity index (χ0) is 23.1. The van der Waals surface area contributed by atoms with Crippen LogP contribution in [0.25, 0.3) is 0 Å². The Labute approximate surface area is 187 Å². The highest BCUT2D eigenvalue weighted by Gasteiger charge is 2.38. The van der Waals surface area contributed by atoms with Gasteiger partial charge in [0.1, 0.15) is 29.1 Å². The molecule has 3 rings (SSSR count). The Morgan fingerprint density at radius 3 is 2.00 bits per heavy atom. The molecule has 0 heterocycles. The molecule has 1 atom stereocenters. The fourth-order valence-corrected chi connectivity index (χ4v) is 4.70. The molecular weight excluding hydrogens is 423 g/mol. The van der Waals surface area contributed by atoms with Crippen LogP contribution in [0.3, 0.4) is 0 Å². The summed E-state index contributed by atoms with van der Waals surface area (Å²) >= 11 is 0. The first-order valence-electron chi connectivity index (χ1n) is 11.6. The zero-order valence-electron chi connectivity index (χ0n) is 18.4. The summed E-state index contributed by atoms with van der Waals surface area (Å²) in [6, 6.07) is 10.5. The van der Waals surface area contributed by atoms with E-state index in [1.165, 1.54) is 44.9 Å². The fourth-order valence-electron chi connectivity index (χ4n) is 4.70. The number of rotatable bonds is 9. The average molecular weight is 455 g/mol. The molecule has 176 valence electrons. The summed E-state index contributed by atoms with van der Waals surface area (Å²) in [5.41, 5.74) is -1.05. The third-order valence-corrected chi connectivity index (χ3v) is 6.52. The van der Waals surface area contributed by atoms with Crippen molar-refractivity contribution >= 4 is 0 Å². The van der Waals surface area contributed by atoms with Crippen molar-refractivity contribution < 1.29 is 26.7 Å². The van der Waals surface area contributed by atoms with E-state index in [2.05, 4.69) is 6.92 Å². The van der Waals surface area contributed by atoms with Crippen molar-refractivity contribution in [2.45, 2.75) is 77.0 Å². The molecule has 0 N–H and O–H groups in total. The maximum absolute atomic E-state index is 14.0. The molecule has 0 aliphatic heterocycles. The van der Waals surface area contributed by atoms with Gasteiger partial charge in [0.15, 0.2) is 0 Å². The minimum Gasteiger partial charge on any atom is -0.486 e. The number of ether oxygens (including phenoxy) is 1. The van der Waals surface area contributed by atoms with Gasteiger partial charge in [-0.1, -0.05) is 82.2 Å². The van der Waals surface area contributed by atoms with E-state index in [-0.39, 0.29) is 5.75 Å². The lowest BCUT2D eigenvalue weighted by Gasteiger charge is -2.30. The van der Waals surface area contributed by atoms with E-state index in [4.69, 9.17) is 4.74 Å². The molecule has 0 spiro atoms. The molecule has 0 amide bonds. The van der Waals surface area contributed by atoms with Crippen LogP contribution in [0.5, 0.6) is 5.75 Å². The predicted molar refractivity (Wildman–Crippen MR) is 115 cm³/mol. The monoisotopic (exact) mass is 454 g/mol. The van der Waals surface area contributed by atoms with Gasteiger partial charge in [-0.15, -0.1) is 0 Å². The Kier molecular flexibility index (Phi) is 8.55. The van der Waals surface area contributed by atoms with Crippen LogP contribution in [0.4, 0.5) is 22.0 Å². The van der Waals surface area contributed by atoms with Crippen LogP contribution >= 0.6 is 0 Å². The lowest BCUT2D eigenvalue weighted by atomic mass is 9.77. The highest BCUT2D eigenvalue weighted by atomic mass is 19.4. The van der Waals surface area contributed by atoms with Gasteiger partial charge < -0.3 is 4.74 Å². The van der Waals surface area contributed by atoms with Crippen LogP contribution in [-0.2, 0) is 6.18 Å². The molecule has 0 aromatic heterocycles. The van der Waals surface area contributed by atoms with Crippen LogP contribution in [-0.4, -0.2) is 0 Å². The first-order valence-corrected chi connectivity index (χ1v) is 11.6. The Hall–Kier alpha value is -2.11. The Morgan fingerprint density at radius 2 is 1.47 bits per heavy atom. The highest BCUT2D eigenvalue weighted by molar-refractivity contribution is 5.33. The van der Waals surface area contributed by atoms with E-state index in [0.29, 0.717) is 24.5 Å². The van der Waals surface area contributed by atoms with Crippen molar-refractivity contribution in [2.24, 2.45) is 11.8 Å². The van der Waals surface area contributed by atoms with Crippen molar-refractivity contribution in [3.63, 3.8) is 0 Å². The summed E-state index contributed by atoms with van der Waals surface area (Å²) in [6.45, 7) is 2.21. The summed E-state index contributed by atoms with van der Waals surface area (Å²) in [7, 11) is 0. The second-order valence-corrected chi connectivity index (χ2v) is 8.88. The molecule has 0 bridgehead atoms. The number of benzene rings is 2. The fraction of sp³-hybridized carbons (Fsp3) is 0.538. The van der Waals surface area contributed by atoms with Crippen LogP contribution in [0.15, 0.2) is 42.5 Å². The quantitative estimate of drug-likeness (QED) is 0.344. The van der Waals surface area contributed by atoms with Crippen molar-refractivity contribution in [2.75, 3.05) is 0 Å². The van der Waals surface area contributed by atoms with Crippen LogP contribution in [0.2, 0.25) is 0 Å². The minimum absolute atomic E-state index is 0.231. The van der Waals surface area contributed by atoms with Crippen molar-refractivity contribution in [3.05, 3.63) is 65.2 Å². The Bertz CT molecular complexity index is 818. The highest BCUT2D eigenvalue weighted by Crippen LogP contribution is 2.38. The van der Waals surface area contributed by atoms with E-state index in [1.54, 1.807) is 0 Å². The normalized spacial score (nSPS) is 20.2. The maximum Gasteiger partial charge on any atom is 0.422 e. The number of alkyl halides is 3. The van der Waals surface area contributed by atoms with E-state index >= 15 is 0 Å². The molecule has 32 heavy (non-hydrogen) atoms. The number of hydrogen-bond acceptors (Lipinski definition) is 1. The van der Waals surface area contributed by atoms with Crippen LogP contribution in [0.1, 0.15) is 81.9 Å². The molecule has 1 aliphatic carbocycles. The van der Waals surface area contributed by atoms with E-state index in [0.717, 1.165) is 17.9 Å². The smallest absolute Gasteiger partial charge is 0.422 e.